The van der Waals surface area contributed by atoms with Gasteiger partial charge in [-0.05, 0) is 54.7 Å². The zero-order valence-electron chi connectivity index (χ0n) is 19.5. The van der Waals surface area contributed by atoms with Crippen molar-refractivity contribution in [2.24, 2.45) is 0 Å². The van der Waals surface area contributed by atoms with Crippen molar-refractivity contribution in [3.8, 4) is 34.0 Å². The predicted molar refractivity (Wildman–Crippen MR) is 126 cm³/mol. The van der Waals surface area contributed by atoms with Crippen molar-refractivity contribution in [2.45, 2.75) is 49.7 Å². The molecule has 0 atom stereocenters. The molecule has 4 heterocycles. The van der Waals surface area contributed by atoms with E-state index in [-0.39, 0.29) is 33.4 Å². The molecule has 6 nitrogen and oxygen atoms in total. The standard InChI is InChI=1S/C25H21F5N4O2S/c1-2-37(35,36)22-8-16(18-7-15(5-6-31-18)14-3-4-14)11-32-24(22)20-10-21-19(33-20)9-17(25(28,29)30)12-34(21)13-23(26)27/h5-12,14,23H,2-4,13H2,1H3. The van der Waals surface area contributed by atoms with Crippen LogP contribution in [-0.2, 0) is 22.6 Å². The molecule has 1 fully saturated rings. The van der Waals surface area contributed by atoms with Crippen molar-refractivity contribution in [1.29, 1.82) is 0 Å². The maximum absolute atomic E-state index is 13.4. The van der Waals surface area contributed by atoms with Crippen molar-refractivity contribution < 1.29 is 30.4 Å². The summed E-state index contributed by atoms with van der Waals surface area (Å²) < 4.78 is 93.3. The van der Waals surface area contributed by atoms with Gasteiger partial charge in [-0.15, -0.1) is 0 Å². The van der Waals surface area contributed by atoms with E-state index in [1.807, 2.05) is 12.1 Å². The Morgan fingerprint density at radius 3 is 2.46 bits per heavy atom. The van der Waals surface area contributed by atoms with E-state index < -0.39 is 34.5 Å². The van der Waals surface area contributed by atoms with Gasteiger partial charge in [0.15, 0.2) is 9.84 Å². The van der Waals surface area contributed by atoms with Gasteiger partial charge in [0.2, 0.25) is 0 Å². The number of rotatable bonds is 7. The second-order valence-electron chi connectivity index (χ2n) is 8.90. The predicted octanol–water partition coefficient (Wildman–Crippen LogP) is 6.07. The quantitative estimate of drug-likeness (QED) is 0.268. The Labute approximate surface area is 209 Å². The highest BCUT2D eigenvalue weighted by Gasteiger charge is 2.34. The van der Waals surface area contributed by atoms with E-state index in [0.717, 1.165) is 29.0 Å². The Morgan fingerprint density at radius 1 is 1.05 bits per heavy atom. The normalized spacial score (nSPS) is 14.6. The van der Waals surface area contributed by atoms with Crippen molar-refractivity contribution in [3.63, 3.8) is 0 Å². The van der Waals surface area contributed by atoms with E-state index >= 15 is 0 Å². The van der Waals surface area contributed by atoms with Gasteiger partial charge in [0.05, 0.1) is 45.5 Å². The van der Waals surface area contributed by atoms with Crippen molar-refractivity contribution >= 4 is 9.84 Å². The Kier molecular flexibility index (Phi) is 6.25. The van der Waals surface area contributed by atoms with Crippen LogP contribution in [0.3, 0.4) is 0 Å². The molecule has 37 heavy (non-hydrogen) atoms. The summed E-state index contributed by atoms with van der Waals surface area (Å²) in [6, 6.07) is 7.25. The van der Waals surface area contributed by atoms with Crippen LogP contribution in [0.1, 0.15) is 36.8 Å². The van der Waals surface area contributed by atoms with Gasteiger partial charge in [0.1, 0.15) is 5.69 Å². The van der Waals surface area contributed by atoms with E-state index in [2.05, 4.69) is 15.0 Å². The summed E-state index contributed by atoms with van der Waals surface area (Å²) in [5.74, 6) is 0.195. The highest BCUT2D eigenvalue weighted by molar-refractivity contribution is 7.91. The van der Waals surface area contributed by atoms with E-state index in [1.54, 1.807) is 6.20 Å². The number of fused-ring (bicyclic) bond motifs is 1. The monoisotopic (exact) mass is 536 g/mol. The number of alkyl halides is 5. The molecule has 0 aromatic carbocycles. The van der Waals surface area contributed by atoms with Crippen LogP contribution in [0.4, 0.5) is 22.0 Å². The Balaban J connectivity index is 1.67. The van der Waals surface area contributed by atoms with Crippen molar-refractivity contribution in [1.82, 2.24) is 19.5 Å². The molecule has 0 radical (unpaired) electrons. The van der Waals surface area contributed by atoms with Crippen LogP contribution in [0.2, 0.25) is 0 Å². The molecule has 2 aromatic heterocycles. The van der Waals surface area contributed by atoms with E-state index in [4.69, 9.17) is 0 Å². The first kappa shape index (κ1) is 25.2. The molecule has 2 aliphatic heterocycles. The minimum atomic E-state index is -4.78. The molecule has 0 spiro atoms. The van der Waals surface area contributed by atoms with Crippen LogP contribution >= 0.6 is 0 Å². The maximum atomic E-state index is 13.4. The highest BCUT2D eigenvalue weighted by Crippen LogP contribution is 2.41. The molecule has 0 bridgehead atoms. The average molecular weight is 537 g/mol. The third-order valence-electron chi connectivity index (χ3n) is 6.27. The molecule has 0 amide bonds. The van der Waals surface area contributed by atoms with Crippen LogP contribution in [0.15, 0.2) is 53.8 Å². The smallest absolute Gasteiger partial charge is 0.340 e. The molecule has 1 aliphatic carbocycles. The molecule has 2 aromatic rings. The Hall–Kier alpha value is -3.41. The first-order valence-corrected chi connectivity index (χ1v) is 13.2. The number of sulfone groups is 1. The summed E-state index contributed by atoms with van der Waals surface area (Å²) in [7, 11) is -3.86. The van der Waals surface area contributed by atoms with Gasteiger partial charge in [-0.2, -0.15) is 13.2 Å². The molecule has 0 saturated heterocycles. The SMILES string of the molecule is CCS(=O)(=O)c1cc(-c2cc(C3CC3)ccn2)cnc1-c1cc2n(CC(F)F)cc(C(F)(F)F)cc-2n1. The number of nitrogens with zero attached hydrogens (tertiary/aromatic N) is 4. The van der Waals surface area contributed by atoms with Crippen molar-refractivity contribution in [3.05, 3.63) is 60.0 Å². The molecular weight excluding hydrogens is 515 g/mol. The minimum Gasteiger partial charge on any atom is -0.340 e. The summed E-state index contributed by atoms with van der Waals surface area (Å²) in [6.07, 6.45) is -1.87. The Morgan fingerprint density at radius 2 is 1.81 bits per heavy atom. The van der Waals surface area contributed by atoms with Crippen LogP contribution in [0.5, 0.6) is 0 Å². The fraction of sp³-hybridized carbons (Fsp3) is 0.320. The molecule has 194 valence electrons. The molecular formula is C25H21F5N4O2S. The van der Waals surface area contributed by atoms with Gasteiger partial charge < -0.3 is 4.57 Å². The summed E-state index contributed by atoms with van der Waals surface area (Å²) in [4.78, 5) is 12.7. The largest absolute Gasteiger partial charge is 0.417 e. The zero-order chi connectivity index (χ0) is 26.5. The number of hydrogen-bond donors (Lipinski definition) is 0. The molecule has 3 aliphatic rings. The van der Waals surface area contributed by atoms with Crippen LogP contribution in [0, 0.1) is 0 Å². The average Bonchev–Trinajstić information content (AvgIpc) is 3.61. The number of halogens is 5. The van der Waals surface area contributed by atoms with Gasteiger partial charge in [0, 0.05) is 24.2 Å². The van der Waals surface area contributed by atoms with Gasteiger partial charge in [-0.3, -0.25) is 9.97 Å². The van der Waals surface area contributed by atoms with Gasteiger partial charge in [-0.1, -0.05) is 6.92 Å². The molecule has 0 unspecified atom stereocenters. The topological polar surface area (TPSA) is 77.7 Å². The summed E-state index contributed by atoms with van der Waals surface area (Å²) in [5, 5.41) is 0. The zero-order valence-corrected chi connectivity index (χ0v) is 20.3. The second-order valence-corrected chi connectivity index (χ2v) is 11.2. The molecule has 12 heteroatoms. The van der Waals surface area contributed by atoms with Gasteiger partial charge in [-0.25, -0.2) is 22.2 Å². The fourth-order valence-electron chi connectivity index (χ4n) is 4.20. The number of aromatic nitrogens is 4. The first-order chi connectivity index (χ1) is 17.5. The number of hydrogen-bond acceptors (Lipinski definition) is 5. The lowest BCUT2D eigenvalue weighted by molar-refractivity contribution is -0.138. The molecule has 5 rings (SSSR count). The molecule has 0 N–H and O–H groups in total. The molecule has 1 saturated carbocycles. The van der Waals surface area contributed by atoms with E-state index in [0.29, 0.717) is 23.4 Å². The number of pyridine rings is 3. The van der Waals surface area contributed by atoms with E-state index in [1.165, 1.54) is 25.3 Å². The van der Waals surface area contributed by atoms with Crippen LogP contribution in [0.25, 0.3) is 34.0 Å². The van der Waals surface area contributed by atoms with Crippen LogP contribution in [-0.4, -0.2) is 40.1 Å². The highest BCUT2D eigenvalue weighted by atomic mass is 32.2. The summed E-state index contributed by atoms with van der Waals surface area (Å²) in [5.41, 5.74) is 0.664. The lowest BCUT2D eigenvalue weighted by Crippen LogP contribution is -2.14. The van der Waals surface area contributed by atoms with Gasteiger partial charge >= 0.3 is 6.18 Å². The second kappa shape index (κ2) is 9.16. The third kappa shape index (κ3) is 5.07. The first-order valence-electron chi connectivity index (χ1n) is 11.5. The lowest BCUT2D eigenvalue weighted by atomic mass is 10.1. The Bertz CT molecular complexity index is 1540. The van der Waals surface area contributed by atoms with Gasteiger partial charge in [0.25, 0.3) is 6.43 Å². The summed E-state index contributed by atoms with van der Waals surface area (Å²) in [6.45, 7) is 0.472. The third-order valence-corrected chi connectivity index (χ3v) is 8.02. The van der Waals surface area contributed by atoms with Crippen molar-refractivity contribution in [2.75, 3.05) is 5.75 Å². The van der Waals surface area contributed by atoms with E-state index in [9.17, 15) is 30.4 Å². The van der Waals surface area contributed by atoms with Crippen LogP contribution < -0.4 is 0 Å². The fourth-order valence-corrected chi connectivity index (χ4v) is 5.27. The summed E-state index contributed by atoms with van der Waals surface area (Å²) >= 11 is 0. The lowest BCUT2D eigenvalue weighted by Gasteiger charge is -2.15. The minimum absolute atomic E-state index is 0.00724. The maximum Gasteiger partial charge on any atom is 0.417 e.